The van der Waals surface area contributed by atoms with Crippen molar-refractivity contribution in [2.45, 2.75) is 32.4 Å². The molecule has 0 fully saturated rings. The molecule has 0 atom stereocenters. The first-order chi connectivity index (χ1) is 9.01. The zero-order valence-corrected chi connectivity index (χ0v) is 12.1. The number of amides is 1. The highest BCUT2D eigenvalue weighted by atomic mass is 16.5. The maximum absolute atomic E-state index is 12.5. The lowest BCUT2D eigenvalue weighted by atomic mass is 10.1. The van der Waals surface area contributed by atoms with Crippen molar-refractivity contribution in [3.63, 3.8) is 0 Å². The molecule has 0 heterocycles. The van der Waals surface area contributed by atoms with Crippen molar-refractivity contribution in [1.29, 1.82) is 0 Å². The van der Waals surface area contributed by atoms with Gasteiger partial charge in [0.1, 0.15) is 5.60 Å². The van der Waals surface area contributed by atoms with E-state index in [0.717, 1.165) is 12.0 Å². The Hall–Kier alpha value is -1.39. The fraction of sp³-hybridized carbons (Fsp3) is 0.533. The molecule has 1 rings (SSSR count). The van der Waals surface area contributed by atoms with Crippen LogP contribution in [-0.4, -0.2) is 36.6 Å². The van der Waals surface area contributed by atoms with Gasteiger partial charge < -0.3 is 15.4 Å². The minimum absolute atomic E-state index is 0.00713. The number of methoxy groups -OCH3 is 1. The number of hydrogen-bond acceptors (Lipinski definition) is 3. The van der Waals surface area contributed by atoms with Crippen LogP contribution in [0.1, 0.15) is 25.8 Å². The highest BCUT2D eigenvalue weighted by molar-refractivity contribution is 5.84. The number of carbonyl (C=O) groups is 1. The summed E-state index contributed by atoms with van der Waals surface area (Å²) in [4.78, 5) is 14.3. The second-order valence-corrected chi connectivity index (χ2v) is 5.07. The summed E-state index contributed by atoms with van der Waals surface area (Å²) in [6.45, 7) is 5.39. The molecular formula is C15H24N2O2. The molecule has 1 amide bonds. The number of nitrogens with zero attached hydrogens (tertiary/aromatic N) is 1. The Morgan fingerprint density at radius 1 is 1.32 bits per heavy atom. The standard InChI is InChI=1S/C15H24N2O2/c1-15(2,19-3)14(18)17(11-7-10-16)12-13-8-5-4-6-9-13/h4-6,8-9H,7,10-12,16H2,1-3H3. The number of benzene rings is 1. The monoisotopic (exact) mass is 264 g/mol. The predicted molar refractivity (Wildman–Crippen MR) is 76.6 cm³/mol. The normalized spacial score (nSPS) is 11.4. The second-order valence-electron chi connectivity index (χ2n) is 5.07. The van der Waals surface area contributed by atoms with Gasteiger partial charge in [-0.05, 0) is 32.4 Å². The van der Waals surface area contributed by atoms with E-state index in [4.69, 9.17) is 10.5 Å². The number of rotatable bonds is 7. The molecule has 106 valence electrons. The van der Waals surface area contributed by atoms with Gasteiger partial charge in [0.15, 0.2) is 0 Å². The molecule has 0 radical (unpaired) electrons. The van der Waals surface area contributed by atoms with Crippen molar-refractivity contribution in [3.05, 3.63) is 35.9 Å². The molecule has 2 N–H and O–H groups in total. The molecular weight excluding hydrogens is 240 g/mol. The van der Waals surface area contributed by atoms with Crippen molar-refractivity contribution in [1.82, 2.24) is 4.90 Å². The maximum atomic E-state index is 12.5. The Balaban J connectivity index is 2.80. The summed E-state index contributed by atoms with van der Waals surface area (Å²) in [5.74, 6) is -0.00713. The van der Waals surface area contributed by atoms with Gasteiger partial charge in [-0.1, -0.05) is 30.3 Å². The average Bonchev–Trinajstić information content (AvgIpc) is 2.43. The van der Waals surface area contributed by atoms with Crippen LogP contribution in [0.2, 0.25) is 0 Å². The Labute approximate surface area is 115 Å². The molecule has 0 aliphatic heterocycles. The molecule has 0 aliphatic rings. The summed E-state index contributed by atoms with van der Waals surface area (Å²) in [5, 5.41) is 0. The van der Waals surface area contributed by atoms with E-state index in [1.807, 2.05) is 35.2 Å². The van der Waals surface area contributed by atoms with E-state index in [9.17, 15) is 4.79 Å². The van der Waals surface area contributed by atoms with Gasteiger partial charge >= 0.3 is 0 Å². The molecule has 4 nitrogen and oxygen atoms in total. The zero-order valence-electron chi connectivity index (χ0n) is 12.1. The highest BCUT2D eigenvalue weighted by Crippen LogP contribution is 2.15. The van der Waals surface area contributed by atoms with Crippen LogP contribution >= 0.6 is 0 Å². The maximum Gasteiger partial charge on any atom is 0.254 e. The number of nitrogens with two attached hydrogens (primary N) is 1. The Morgan fingerprint density at radius 3 is 2.47 bits per heavy atom. The average molecular weight is 264 g/mol. The van der Waals surface area contributed by atoms with Gasteiger partial charge in [0, 0.05) is 20.2 Å². The molecule has 0 unspecified atom stereocenters. The van der Waals surface area contributed by atoms with E-state index in [2.05, 4.69) is 0 Å². The molecule has 1 aromatic carbocycles. The fourth-order valence-electron chi connectivity index (χ4n) is 1.81. The summed E-state index contributed by atoms with van der Waals surface area (Å²) in [7, 11) is 1.56. The molecule has 0 aliphatic carbocycles. The molecule has 19 heavy (non-hydrogen) atoms. The molecule has 0 bridgehead atoms. The molecule has 0 saturated heterocycles. The Kier molecular flexibility index (Phi) is 5.99. The Morgan fingerprint density at radius 2 is 1.95 bits per heavy atom. The van der Waals surface area contributed by atoms with Gasteiger partial charge in [0.2, 0.25) is 0 Å². The van der Waals surface area contributed by atoms with Gasteiger partial charge in [-0.15, -0.1) is 0 Å². The lowest BCUT2D eigenvalue weighted by Gasteiger charge is -2.31. The van der Waals surface area contributed by atoms with Crippen molar-refractivity contribution in [2.75, 3.05) is 20.2 Å². The third-order valence-corrected chi connectivity index (χ3v) is 3.16. The van der Waals surface area contributed by atoms with E-state index in [1.54, 1.807) is 21.0 Å². The van der Waals surface area contributed by atoms with Gasteiger partial charge in [-0.3, -0.25) is 4.79 Å². The summed E-state index contributed by atoms with van der Waals surface area (Å²) in [6.07, 6.45) is 0.790. The van der Waals surface area contributed by atoms with Crippen molar-refractivity contribution in [3.8, 4) is 0 Å². The minimum atomic E-state index is -0.802. The smallest absolute Gasteiger partial charge is 0.254 e. The van der Waals surface area contributed by atoms with Crippen LogP contribution in [0.3, 0.4) is 0 Å². The van der Waals surface area contributed by atoms with Crippen LogP contribution in [0.15, 0.2) is 30.3 Å². The van der Waals surface area contributed by atoms with Crippen LogP contribution in [0.4, 0.5) is 0 Å². The summed E-state index contributed by atoms with van der Waals surface area (Å²) in [6, 6.07) is 9.95. The van der Waals surface area contributed by atoms with Crippen LogP contribution in [-0.2, 0) is 16.1 Å². The molecule has 0 spiro atoms. The first-order valence-electron chi connectivity index (χ1n) is 6.60. The lowest BCUT2D eigenvalue weighted by molar-refractivity contribution is -0.151. The van der Waals surface area contributed by atoms with Gasteiger partial charge in [-0.25, -0.2) is 0 Å². The predicted octanol–water partition coefficient (Wildman–Crippen LogP) is 1.79. The first kappa shape index (κ1) is 15.7. The van der Waals surface area contributed by atoms with Crippen LogP contribution in [0, 0.1) is 0 Å². The number of ether oxygens (including phenoxy) is 1. The van der Waals surface area contributed by atoms with Crippen LogP contribution < -0.4 is 5.73 Å². The molecule has 0 aromatic heterocycles. The van der Waals surface area contributed by atoms with Crippen LogP contribution in [0.25, 0.3) is 0 Å². The van der Waals surface area contributed by atoms with Gasteiger partial charge in [-0.2, -0.15) is 0 Å². The van der Waals surface area contributed by atoms with Crippen molar-refractivity contribution < 1.29 is 9.53 Å². The second kappa shape index (κ2) is 7.26. The Bertz CT molecular complexity index is 390. The molecule has 1 aromatic rings. The number of carbonyl (C=O) groups excluding carboxylic acids is 1. The molecule has 0 saturated carbocycles. The largest absolute Gasteiger partial charge is 0.369 e. The van der Waals surface area contributed by atoms with Crippen molar-refractivity contribution in [2.24, 2.45) is 5.73 Å². The zero-order chi connectivity index (χ0) is 14.3. The minimum Gasteiger partial charge on any atom is -0.369 e. The van der Waals surface area contributed by atoms with Gasteiger partial charge in [0.05, 0.1) is 0 Å². The quantitative estimate of drug-likeness (QED) is 0.817. The SMILES string of the molecule is COC(C)(C)C(=O)N(CCCN)Cc1ccccc1. The van der Waals surface area contributed by atoms with E-state index < -0.39 is 5.60 Å². The first-order valence-corrected chi connectivity index (χ1v) is 6.60. The number of hydrogen-bond donors (Lipinski definition) is 1. The lowest BCUT2D eigenvalue weighted by Crippen LogP contribution is -2.46. The summed E-state index contributed by atoms with van der Waals surface area (Å²) < 4.78 is 5.28. The fourth-order valence-corrected chi connectivity index (χ4v) is 1.81. The summed E-state index contributed by atoms with van der Waals surface area (Å²) in [5.41, 5.74) is 5.85. The van der Waals surface area contributed by atoms with Crippen LogP contribution in [0.5, 0.6) is 0 Å². The topological polar surface area (TPSA) is 55.6 Å². The van der Waals surface area contributed by atoms with E-state index in [-0.39, 0.29) is 5.91 Å². The van der Waals surface area contributed by atoms with E-state index >= 15 is 0 Å². The third kappa shape index (κ3) is 4.65. The third-order valence-electron chi connectivity index (χ3n) is 3.16. The molecule has 4 heteroatoms. The summed E-state index contributed by atoms with van der Waals surface area (Å²) >= 11 is 0. The van der Waals surface area contributed by atoms with Crippen molar-refractivity contribution >= 4 is 5.91 Å². The highest BCUT2D eigenvalue weighted by Gasteiger charge is 2.31. The van der Waals surface area contributed by atoms with E-state index in [1.165, 1.54) is 0 Å². The van der Waals surface area contributed by atoms with Gasteiger partial charge in [0.25, 0.3) is 5.91 Å². The van der Waals surface area contributed by atoms with E-state index in [0.29, 0.717) is 19.6 Å².